The zero-order valence-electron chi connectivity index (χ0n) is 15.3. The number of thiophene rings is 1. The molecule has 3 atom stereocenters. The van der Waals surface area contributed by atoms with Crippen molar-refractivity contribution in [2.45, 2.75) is 40.0 Å². The number of rotatable bonds is 10. The first-order chi connectivity index (χ1) is 13.2. The van der Waals surface area contributed by atoms with Crippen molar-refractivity contribution in [2.24, 2.45) is 0 Å². The van der Waals surface area contributed by atoms with Crippen LogP contribution in [0.3, 0.4) is 0 Å². The summed E-state index contributed by atoms with van der Waals surface area (Å²) in [5.74, 6) is -0.184. The van der Waals surface area contributed by atoms with Gasteiger partial charge >= 0.3 is 0 Å². The van der Waals surface area contributed by atoms with Crippen molar-refractivity contribution in [1.29, 1.82) is 0 Å². The molecule has 1 amide bonds. The van der Waals surface area contributed by atoms with Gasteiger partial charge in [-0.15, -0.1) is 11.8 Å². The minimum atomic E-state index is -3.47. The molecule has 160 valence electrons. The molecule has 10 nitrogen and oxygen atoms in total. The van der Waals surface area contributed by atoms with Crippen LogP contribution in [0.1, 0.15) is 31.9 Å². The highest BCUT2D eigenvalue weighted by Gasteiger charge is 2.40. The van der Waals surface area contributed by atoms with Gasteiger partial charge in [-0.2, -0.15) is 4.72 Å². The molecule has 1 aromatic rings. The normalized spacial score (nSPS) is 22.1. The molecule has 4 N–H and O–H groups in total. The minimum Gasteiger partial charge on any atom is -0.587 e. The van der Waals surface area contributed by atoms with Crippen LogP contribution in [0.5, 0.6) is 0 Å². The average Bonchev–Trinajstić information content (AvgIpc) is 3.06. The van der Waals surface area contributed by atoms with E-state index in [-0.39, 0.29) is 26.8 Å². The summed E-state index contributed by atoms with van der Waals surface area (Å²) in [5.41, 5.74) is 0.603. The smallest absolute Gasteiger partial charge is 0.271 e. The highest BCUT2D eigenvalue weighted by atomic mass is 32.3. The number of carbonyl (C=O) groups excluding carboxylic acids is 1. The summed E-state index contributed by atoms with van der Waals surface area (Å²) >= 11 is 0.220. The summed E-state index contributed by atoms with van der Waals surface area (Å²) in [6.07, 6.45) is 0.441. The zero-order chi connectivity index (χ0) is 20.9. The van der Waals surface area contributed by atoms with Crippen LogP contribution in [0.2, 0.25) is 0 Å². The zero-order valence-corrected chi connectivity index (χ0v) is 18.5. The Labute approximate surface area is 174 Å². The van der Waals surface area contributed by atoms with Crippen LogP contribution in [0.4, 0.5) is 0 Å². The van der Waals surface area contributed by atoms with Crippen molar-refractivity contribution in [3.63, 3.8) is 0 Å². The maximum Gasteiger partial charge on any atom is 0.271 e. The average molecular weight is 474 g/mol. The third kappa shape index (κ3) is 6.04. The van der Waals surface area contributed by atoms with Gasteiger partial charge in [0.1, 0.15) is 15.6 Å². The molecule has 0 aromatic carbocycles. The van der Waals surface area contributed by atoms with Crippen LogP contribution >= 0.6 is 23.1 Å². The van der Waals surface area contributed by atoms with Crippen LogP contribution in [-0.2, 0) is 30.8 Å². The van der Waals surface area contributed by atoms with Crippen molar-refractivity contribution >= 4 is 50.2 Å². The SMILES string of the molecule is CCN[C@H]1CC(C)S(=O)(=O)c2sc([S+]([O-])NC(=O)CSCCON(O)O)cc21. The number of sulfone groups is 1. The molecule has 0 bridgehead atoms. The first-order valence-electron chi connectivity index (χ1n) is 8.37. The van der Waals surface area contributed by atoms with Gasteiger partial charge in [0.15, 0.2) is 9.84 Å². The molecular formula is C14H23N3O7S4. The van der Waals surface area contributed by atoms with Crippen LogP contribution in [0.25, 0.3) is 0 Å². The number of hydrogen-bond acceptors (Lipinski definition) is 11. The second-order valence-electron chi connectivity index (χ2n) is 5.94. The van der Waals surface area contributed by atoms with E-state index in [0.717, 1.165) is 23.1 Å². The molecule has 1 aliphatic heterocycles. The predicted octanol–water partition coefficient (Wildman–Crippen LogP) is 0.849. The molecule has 0 spiro atoms. The Balaban J connectivity index is 2.00. The van der Waals surface area contributed by atoms with E-state index in [9.17, 15) is 17.8 Å². The Morgan fingerprint density at radius 1 is 1.54 bits per heavy atom. The summed E-state index contributed by atoms with van der Waals surface area (Å²) in [6, 6.07) is 1.45. The van der Waals surface area contributed by atoms with Crippen molar-refractivity contribution < 1.29 is 33.0 Å². The highest BCUT2D eigenvalue weighted by Crippen LogP contribution is 2.42. The van der Waals surface area contributed by atoms with E-state index in [1.165, 1.54) is 0 Å². The van der Waals surface area contributed by atoms with Crippen LogP contribution in [0, 0.1) is 0 Å². The lowest BCUT2D eigenvalue weighted by molar-refractivity contribution is -0.490. The topological polar surface area (TPSA) is 151 Å². The molecule has 1 aromatic heterocycles. The lowest BCUT2D eigenvalue weighted by atomic mass is 10.1. The number of carbonyl (C=O) groups is 1. The van der Waals surface area contributed by atoms with Gasteiger partial charge in [-0.3, -0.25) is 15.2 Å². The van der Waals surface area contributed by atoms with Crippen molar-refractivity contribution in [1.82, 2.24) is 15.4 Å². The van der Waals surface area contributed by atoms with Crippen LogP contribution in [-0.4, -0.2) is 64.6 Å². The second-order valence-corrected chi connectivity index (χ2v) is 12.1. The Kier molecular flexibility index (Phi) is 9.00. The van der Waals surface area contributed by atoms with E-state index in [1.807, 2.05) is 6.92 Å². The Bertz CT molecular complexity index is 771. The van der Waals surface area contributed by atoms with Gasteiger partial charge in [-0.05, 0) is 19.9 Å². The largest absolute Gasteiger partial charge is 0.587 e. The quantitative estimate of drug-likeness (QED) is 0.219. The molecule has 0 radical (unpaired) electrons. The fourth-order valence-electron chi connectivity index (χ4n) is 2.66. The molecule has 28 heavy (non-hydrogen) atoms. The Hall–Kier alpha value is -0.420. The van der Waals surface area contributed by atoms with Gasteiger partial charge in [0, 0.05) is 23.4 Å². The number of thioether (sulfide) groups is 1. The van der Waals surface area contributed by atoms with Crippen LogP contribution < -0.4 is 10.0 Å². The Morgan fingerprint density at radius 3 is 2.89 bits per heavy atom. The van der Waals surface area contributed by atoms with E-state index in [2.05, 4.69) is 14.9 Å². The predicted molar refractivity (Wildman–Crippen MR) is 105 cm³/mol. The van der Waals surface area contributed by atoms with Gasteiger partial charge in [0.25, 0.3) is 5.91 Å². The molecule has 2 unspecified atom stereocenters. The lowest BCUT2D eigenvalue weighted by Crippen LogP contribution is -2.33. The molecular weight excluding hydrogens is 450 g/mol. The van der Waals surface area contributed by atoms with E-state index in [1.54, 1.807) is 13.0 Å². The maximum atomic E-state index is 12.6. The first kappa shape index (κ1) is 23.9. The molecule has 14 heteroatoms. The minimum absolute atomic E-state index is 0.00755. The fourth-order valence-corrected chi connectivity index (χ4v) is 8.05. The number of hydrogen-bond donors (Lipinski definition) is 4. The van der Waals surface area contributed by atoms with E-state index in [4.69, 9.17) is 10.4 Å². The number of nitrogens with one attached hydrogen (secondary N) is 2. The molecule has 1 aliphatic rings. The summed E-state index contributed by atoms with van der Waals surface area (Å²) in [5, 5.41) is 19.0. The lowest BCUT2D eigenvalue weighted by Gasteiger charge is -2.27. The molecule has 2 rings (SSSR count). The van der Waals surface area contributed by atoms with E-state index < -0.39 is 37.7 Å². The molecule has 0 fully saturated rings. The Morgan fingerprint density at radius 2 is 2.25 bits per heavy atom. The number of nitrogens with zero attached hydrogens (tertiary/aromatic N) is 1. The summed E-state index contributed by atoms with van der Waals surface area (Å²) in [6.45, 7) is 4.25. The van der Waals surface area contributed by atoms with E-state index in [0.29, 0.717) is 24.3 Å². The molecule has 0 aliphatic carbocycles. The van der Waals surface area contributed by atoms with Crippen molar-refractivity contribution in [2.75, 3.05) is 24.7 Å². The van der Waals surface area contributed by atoms with Crippen molar-refractivity contribution in [3.05, 3.63) is 11.6 Å². The second kappa shape index (κ2) is 10.6. The van der Waals surface area contributed by atoms with Gasteiger partial charge in [-0.25, -0.2) is 13.3 Å². The third-order valence-electron chi connectivity index (χ3n) is 3.94. The van der Waals surface area contributed by atoms with Crippen LogP contribution in [0.15, 0.2) is 14.5 Å². The fraction of sp³-hybridized carbons (Fsp3) is 0.643. The van der Waals surface area contributed by atoms with Gasteiger partial charge in [0.05, 0.1) is 23.0 Å². The van der Waals surface area contributed by atoms with Crippen molar-refractivity contribution in [3.8, 4) is 0 Å². The third-order valence-corrected chi connectivity index (χ3v) is 10.2. The van der Waals surface area contributed by atoms with Gasteiger partial charge < -0.3 is 9.87 Å². The van der Waals surface area contributed by atoms with Gasteiger partial charge in [0.2, 0.25) is 4.21 Å². The first-order valence-corrected chi connectivity index (χ1v) is 13.0. The standard InChI is InChI=1S/C14H23N3O7S4/c1-3-15-11-6-9(2)28(22,23)14-10(11)7-13(26-14)27(21)16-12(18)8-25-5-4-24-17(19)20/h7,9,11,15,19-20H,3-6,8H2,1-2H3,(H,16,18)/t9?,11-,27?/m0/s1. The maximum absolute atomic E-state index is 12.6. The summed E-state index contributed by atoms with van der Waals surface area (Å²) in [7, 11) is -3.47. The van der Waals surface area contributed by atoms with Gasteiger partial charge in [-0.1, -0.05) is 18.3 Å². The number of amides is 1. The summed E-state index contributed by atoms with van der Waals surface area (Å²) < 4.78 is 40.5. The highest BCUT2D eigenvalue weighted by molar-refractivity contribution is 8.00. The molecule has 2 heterocycles. The molecule has 0 saturated heterocycles. The monoisotopic (exact) mass is 473 g/mol. The summed E-state index contributed by atoms with van der Waals surface area (Å²) in [4.78, 5) is 16.3. The molecule has 0 saturated carbocycles. The van der Waals surface area contributed by atoms with E-state index >= 15 is 0 Å². The number of fused-ring (bicyclic) bond motifs is 1.